The molecule has 0 bridgehead atoms. The van der Waals surface area contributed by atoms with Crippen molar-refractivity contribution in [2.24, 2.45) is 0 Å². The molecule has 1 rings (SSSR count). The second-order valence-corrected chi connectivity index (χ2v) is 3.53. The van der Waals surface area contributed by atoms with Crippen molar-refractivity contribution >= 4 is 23.3 Å². The molecule has 0 aliphatic rings. The fourth-order valence-electron chi connectivity index (χ4n) is 1.10. The Kier molecular flexibility index (Phi) is 4.22. The van der Waals surface area contributed by atoms with Gasteiger partial charge in [0, 0.05) is 5.69 Å². The summed E-state index contributed by atoms with van der Waals surface area (Å²) in [5.41, 5.74) is -0.804. The SMILES string of the molecule is COC(=O)CNc1ccc(Cl)c(C(F)(F)F)c1. The van der Waals surface area contributed by atoms with Crippen LogP contribution in [-0.2, 0) is 15.7 Å². The van der Waals surface area contributed by atoms with Crippen LogP contribution in [0.25, 0.3) is 0 Å². The van der Waals surface area contributed by atoms with E-state index >= 15 is 0 Å². The van der Waals surface area contributed by atoms with Gasteiger partial charge in [-0.15, -0.1) is 0 Å². The molecule has 0 aliphatic carbocycles. The molecule has 0 saturated heterocycles. The highest BCUT2D eigenvalue weighted by molar-refractivity contribution is 6.31. The molecule has 0 atom stereocenters. The summed E-state index contributed by atoms with van der Waals surface area (Å²) in [6.45, 7) is -0.213. The normalized spacial score (nSPS) is 11.1. The van der Waals surface area contributed by atoms with Gasteiger partial charge in [0.2, 0.25) is 0 Å². The highest BCUT2D eigenvalue weighted by Crippen LogP contribution is 2.36. The summed E-state index contributed by atoms with van der Waals surface area (Å²) in [5.74, 6) is -0.575. The Morgan fingerprint density at radius 3 is 2.65 bits per heavy atom. The lowest BCUT2D eigenvalue weighted by Gasteiger charge is -2.11. The quantitative estimate of drug-likeness (QED) is 0.856. The molecular weight excluding hydrogens is 259 g/mol. The number of esters is 1. The summed E-state index contributed by atoms with van der Waals surface area (Å²) in [4.78, 5) is 10.8. The monoisotopic (exact) mass is 267 g/mol. The first-order valence-electron chi connectivity index (χ1n) is 4.52. The van der Waals surface area contributed by atoms with Crippen LogP contribution in [0.1, 0.15) is 5.56 Å². The molecule has 3 nitrogen and oxygen atoms in total. The van der Waals surface area contributed by atoms with Gasteiger partial charge in [0.25, 0.3) is 0 Å². The molecular formula is C10H9ClF3NO2. The maximum atomic E-state index is 12.5. The zero-order chi connectivity index (χ0) is 13.1. The van der Waals surface area contributed by atoms with Crippen LogP contribution in [0.4, 0.5) is 18.9 Å². The molecule has 94 valence electrons. The molecule has 0 aliphatic heterocycles. The smallest absolute Gasteiger partial charge is 0.417 e. The summed E-state index contributed by atoms with van der Waals surface area (Å²) in [7, 11) is 1.19. The van der Waals surface area contributed by atoms with Crippen LogP contribution in [0.15, 0.2) is 18.2 Å². The van der Waals surface area contributed by atoms with Crippen LogP contribution in [0, 0.1) is 0 Å². The number of alkyl halides is 3. The van der Waals surface area contributed by atoms with Crippen LogP contribution < -0.4 is 5.32 Å². The van der Waals surface area contributed by atoms with E-state index in [0.29, 0.717) is 0 Å². The van der Waals surface area contributed by atoms with Crippen molar-refractivity contribution in [1.29, 1.82) is 0 Å². The minimum absolute atomic E-state index is 0.145. The maximum absolute atomic E-state index is 12.5. The van der Waals surface area contributed by atoms with Gasteiger partial charge in [-0.1, -0.05) is 11.6 Å². The van der Waals surface area contributed by atoms with E-state index in [2.05, 4.69) is 10.1 Å². The van der Waals surface area contributed by atoms with Crippen molar-refractivity contribution in [1.82, 2.24) is 0 Å². The number of ether oxygens (including phenoxy) is 1. The van der Waals surface area contributed by atoms with Gasteiger partial charge in [-0.25, -0.2) is 0 Å². The van der Waals surface area contributed by atoms with Gasteiger partial charge in [-0.3, -0.25) is 4.79 Å². The first-order chi connectivity index (χ1) is 7.84. The van der Waals surface area contributed by atoms with E-state index in [1.54, 1.807) is 0 Å². The number of halogens is 4. The molecule has 1 aromatic carbocycles. The van der Waals surface area contributed by atoms with Crippen molar-refractivity contribution in [2.45, 2.75) is 6.18 Å². The molecule has 0 heterocycles. The van der Waals surface area contributed by atoms with Gasteiger partial charge in [0.05, 0.1) is 17.7 Å². The maximum Gasteiger partial charge on any atom is 0.417 e. The lowest BCUT2D eigenvalue weighted by atomic mass is 10.2. The van der Waals surface area contributed by atoms with Gasteiger partial charge >= 0.3 is 12.1 Å². The van der Waals surface area contributed by atoms with E-state index in [1.807, 2.05) is 0 Å². The molecule has 1 aromatic rings. The Labute approximate surface area is 101 Å². The van der Waals surface area contributed by atoms with E-state index in [9.17, 15) is 18.0 Å². The van der Waals surface area contributed by atoms with Crippen LogP contribution >= 0.6 is 11.6 Å². The number of hydrogen-bond donors (Lipinski definition) is 1. The Morgan fingerprint density at radius 1 is 1.47 bits per heavy atom. The molecule has 1 N–H and O–H groups in total. The Morgan fingerprint density at radius 2 is 2.12 bits per heavy atom. The number of methoxy groups -OCH3 is 1. The second kappa shape index (κ2) is 5.27. The van der Waals surface area contributed by atoms with Crippen LogP contribution in [0.2, 0.25) is 5.02 Å². The third kappa shape index (κ3) is 3.81. The molecule has 0 spiro atoms. The fourth-order valence-corrected chi connectivity index (χ4v) is 1.32. The first kappa shape index (κ1) is 13.6. The van der Waals surface area contributed by atoms with E-state index < -0.39 is 17.7 Å². The zero-order valence-corrected chi connectivity index (χ0v) is 9.52. The molecule has 0 radical (unpaired) electrons. The molecule has 7 heteroatoms. The van der Waals surface area contributed by atoms with E-state index in [4.69, 9.17) is 11.6 Å². The predicted octanol–water partition coefficient (Wildman–Crippen LogP) is 2.94. The Balaban J connectivity index is 2.86. The third-order valence-electron chi connectivity index (χ3n) is 1.94. The van der Waals surface area contributed by atoms with Crippen molar-refractivity contribution in [3.8, 4) is 0 Å². The average Bonchev–Trinajstić information content (AvgIpc) is 2.26. The number of hydrogen-bond acceptors (Lipinski definition) is 3. The Bertz CT molecular complexity index is 421. The number of anilines is 1. The van der Waals surface area contributed by atoms with Crippen LogP contribution in [-0.4, -0.2) is 19.6 Å². The second-order valence-electron chi connectivity index (χ2n) is 3.12. The van der Waals surface area contributed by atoms with Gasteiger partial charge in [0.1, 0.15) is 6.54 Å². The van der Waals surface area contributed by atoms with E-state index in [1.165, 1.54) is 13.2 Å². The zero-order valence-electron chi connectivity index (χ0n) is 8.77. The summed E-state index contributed by atoms with van der Waals surface area (Å²) < 4.78 is 41.8. The molecule has 17 heavy (non-hydrogen) atoms. The van der Waals surface area contributed by atoms with Crippen molar-refractivity contribution in [3.63, 3.8) is 0 Å². The van der Waals surface area contributed by atoms with Crippen LogP contribution in [0.5, 0.6) is 0 Å². The minimum Gasteiger partial charge on any atom is -0.468 e. The van der Waals surface area contributed by atoms with Gasteiger partial charge in [-0.2, -0.15) is 13.2 Å². The Hall–Kier alpha value is -1.43. The third-order valence-corrected chi connectivity index (χ3v) is 2.27. The molecule has 0 saturated carbocycles. The highest BCUT2D eigenvalue weighted by atomic mass is 35.5. The van der Waals surface area contributed by atoms with Gasteiger partial charge in [0.15, 0.2) is 0 Å². The summed E-state index contributed by atoms with van der Waals surface area (Å²) >= 11 is 5.43. The molecule has 0 fully saturated rings. The van der Waals surface area contributed by atoms with Crippen molar-refractivity contribution < 1.29 is 22.7 Å². The highest BCUT2D eigenvalue weighted by Gasteiger charge is 2.33. The number of carbonyl (C=O) groups is 1. The standard InChI is InChI=1S/C10H9ClF3NO2/c1-17-9(16)5-15-6-2-3-8(11)7(4-6)10(12,13)14/h2-4,15H,5H2,1H3. The molecule has 0 aromatic heterocycles. The van der Waals surface area contributed by atoms with Crippen LogP contribution in [0.3, 0.4) is 0 Å². The number of benzene rings is 1. The topological polar surface area (TPSA) is 38.3 Å². The lowest BCUT2D eigenvalue weighted by Crippen LogP contribution is -2.15. The van der Waals surface area contributed by atoms with E-state index in [0.717, 1.165) is 12.1 Å². The number of nitrogens with one attached hydrogen (secondary N) is 1. The predicted molar refractivity (Wildman–Crippen MR) is 57.0 cm³/mol. The minimum atomic E-state index is -4.53. The van der Waals surface area contributed by atoms with Gasteiger partial charge < -0.3 is 10.1 Å². The van der Waals surface area contributed by atoms with Crippen molar-refractivity contribution in [2.75, 3.05) is 19.0 Å². The summed E-state index contributed by atoms with van der Waals surface area (Å²) in [6, 6.07) is 3.30. The van der Waals surface area contributed by atoms with Gasteiger partial charge in [-0.05, 0) is 18.2 Å². The first-order valence-corrected chi connectivity index (χ1v) is 4.90. The lowest BCUT2D eigenvalue weighted by molar-refractivity contribution is -0.138. The number of rotatable bonds is 3. The molecule has 0 amide bonds. The van der Waals surface area contributed by atoms with Crippen molar-refractivity contribution in [3.05, 3.63) is 28.8 Å². The molecule has 0 unspecified atom stereocenters. The fraction of sp³-hybridized carbons (Fsp3) is 0.300. The van der Waals surface area contributed by atoms with E-state index in [-0.39, 0.29) is 17.3 Å². The largest absolute Gasteiger partial charge is 0.468 e. The average molecular weight is 268 g/mol. The summed E-state index contributed by atoms with van der Waals surface area (Å²) in [6.07, 6.45) is -4.53. The number of carbonyl (C=O) groups excluding carboxylic acids is 1. The summed E-state index contributed by atoms with van der Waals surface area (Å²) in [5, 5.41) is 2.11.